The van der Waals surface area contributed by atoms with E-state index in [0.717, 1.165) is 16.9 Å². The number of aromatic nitrogens is 3. The van der Waals surface area contributed by atoms with Gasteiger partial charge in [0.1, 0.15) is 5.75 Å². The molecule has 0 unspecified atom stereocenters. The highest BCUT2D eigenvalue weighted by molar-refractivity contribution is 7.99. The molecule has 0 atom stereocenters. The Morgan fingerprint density at radius 3 is 2.71 bits per heavy atom. The molecule has 0 aliphatic carbocycles. The van der Waals surface area contributed by atoms with E-state index >= 15 is 0 Å². The smallest absolute Gasteiger partial charge is 0.230 e. The van der Waals surface area contributed by atoms with Gasteiger partial charge in [0, 0.05) is 17.1 Å². The number of methoxy groups -OCH3 is 1. The van der Waals surface area contributed by atoms with E-state index in [0.29, 0.717) is 29.0 Å². The SMILES string of the molecule is COc1ccccc1CCNC(=O)CSc1nnc(-c2ccc(Cl)cc2)n1N. The molecule has 9 heteroatoms. The lowest BCUT2D eigenvalue weighted by Gasteiger charge is -2.09. The monoisotopic (exact) mass is 417 g/mol. The van der Waals surface area contributed by atoms with Gasteiger partial charge in [-0.15, -0.1) is 10.2 Å². The number of nitrogens with one attached hydrogen (secondary N) is 1. The molecule has 1 aromatic heterocycles. The topological polar surface area (TPSA) is 95.1 Å². The molecule has 0 fully saturated rings. The van der Waals surface area contributed by atoms with Gasteiger partial charge in [-0.2, -0.15) is 0 Å². The van der Waals surface area contributed by atoms with Crippen LogP contribution in [-0.2, 0) is 11.2 Å². The van der Waals surface area contributed by atoms with E-state index in [2.05, 4.69) is 15.5 Å². The lowest BCUT2D eigenvalue weighted by molar-refractivity contribution is -0.118. The summed E-state index contributed by atoms with van der Waals surface area (Å²) in [5.74, 6) is 7.48. The second-order valence-corrected chi connectivity index (χ2v) is 7.26. The van der Waals surface area contributed by atoms with E-state index in [1.54, 1.807) is 19.2 Å². The Morgan fingerprint density at radius 1 is 1.21 bits per heavy atom. The number of thioether (sulfide) groups is 1. The summed E-state index contributed by atoms with van der Waals surface area (Å²) in [5, 5.41) is 12.1. The van der Waals surface area contributed by atoms with Crippen molar-refractivity contribution in [2.75, 3.05) is 25.3 Å². The molecule has 3 rings (SSSR count). The molecule has 0 saturated carbocycles. The lowest BCUT2D eigenvalue weighted by atomic mass is 10.1. The van der Waals surface area contributed by atoms with Crippen molar-refractivity contribution in [2.45, 2.75) is 11.6 Å². The standard InChI is InChI=1S/C19H20ClN5O2S/c1-27-16-5-3-2-4-13(16)10-11-22-17(26)12-28-19-24-23-18(25(19)21)14-6-8-15(20)9-7-14/h2-9H,10-12,21H2,1H3,(H,22,26). The van der Waals surface area contributed by atoms with Gasteiger partial charge in [-0.25, -0.2) is 4.68 Å². The quantitative estimate of drug-likeness (QED) is 0.432. The molecule has 0 aliphatic heterocycles. The minimum Gasteiger partial charge on any atom is -0.496 e. The Balaban J connectivity index is 1.50. The fourth-order valence-electron chi connectivity index (χ4n) is 2.60. The minimum absolute atomic E-state index is 0.101. The predicted molar refractivity (Wildman–Crippen MR) is 111 cm³/mol. The van der Waals surface area contributed by atoms with E-state index in [-0.39, 0.29) is 11.7 Å². The lowest BCUT2D eigenvalue weighted by Crippen LogP contribution is -2.27. The number of rotatable bonds is 8. The third-order valence-electron chi connectivity index (χ3n) is 4.01. The van der Waals surface area contributed by atoms with Crippen LogP contribution in [0.5, 0.6) is 5.75 Å². The molecule has 0 saturated heterocycles. The van der Waals surface area contributed by atoms with Crippen molar-refractivity contribution in [3.63, 3.8) is 0 Å². The highest BCUT2D eigenvalue weighted by Crippen LogP contribution is 2.23. The van der Waals surface area contributed by atoms with Crippen LogP contribution in [0.2, 0.25) is 5.02 Å². The number of carbonyl (C=O) groups is 1. The van der Waals surface area contributed by atoms with E-state index in [9.17, 15) is 4.79 Å². The third-order valence-corrected chi connectivity index (χ3v) is 5.20. The first kappa shape index (κ1) is 20.0. The molecule has 1 amide bonds. The zero-order valence-electron chi connectivity index (χ0n) is 15.3. The Labute approximate surface area is 172 Å². The maximum absolute atomic E-state index is 12.1. The summed E-state index contributed by atoms with van der Waals surface area (Å²) >= 11 is 7.13. The number of ether oxygens (including phenoxy) is 1. The number of hydrogen-bond donors (Lipinski definition) is 2. The van der Waals surface area contributed by atoms with E-state index in [1.807, 2.05) is 36.4 Å². The molecule has 3 N–H and O–H groups in total. The molecule has 7 nitrogen and oxygen atoms in total. The number of hydrogen-bond acceptors (Lipinski definition) is 6. The second kappa shape index (κ2) is 9.48. The van der Waals surface area contributed by atoms with Crippen LogP contribution < -0.4 is 15.9 Å². The molecule has 0 radical (unpaired) electrons. The molecule has 3 aromatic rings. The molecular formula is C19H20ClN5O2S. The fourth-order valence-corrected chi connectivity index (χ4v) is 3.41. The number of carbonyl (C=O) groups excluding carboxylic acids is 1. The number of nitrogens with zero attached hydrogens (tertiary/aromatic N) is 3. The van der Waals surface area contributed by atoms with Crippen molar-refractivity contribution >= 4 is 29.3 Å². The van der Waals surface area contributed by atoms with Crippen LogP contribution in [-0.4, -0.2) is 40.2 Å². The number of benzene rings is 2. The summed E-state index contributed by atoms with van der Waals surface area (Å²) in [5.41, 5.74) is 1.85. The van der Waals surface area contributed by atoms with Crippen LogP contribution in [0.15, 0.2) is 53.7 Å². The average Bonchev–Trinajstić information content (AvgIpc) is 3.08. The zero-order valence-corrected chi connectivity index (χ0v) is 16.8. The van der Waals surface area contributed by atoms with Gasteiger partial charge in [0.15, 0.2) is 5.82 Å². The first-order valence-electron chi connectivity index (χ1n) is 8.56. The molecule has 146 valence electrons. The van der Waals surface area contributed by atoms with Gasteiger partial charge in [-0.3, -0.25) is 4.79 Å². The molecule has 2 aromatic carbocycles. The molecule has 0 bridgehead atoms. The van der Waals surface area contributed by atoms with Crippen molar-refractivity contribution in [3.8, 4) is 17.1 Å². The summed E-state index contributed by atoms with van der Waals surface area (Å²) in [4.78, 5) is 12.1. The van der Waals surface area contributed by atoms with Crippen molar-refractivity contribution in [1.82, 2.24) is 20.2 Å². The second-order valence-electron chi connectivity index (χ2n) is 5.88. The first-order valence-corrected chi connectivity index (χ1v) is 9.92. The zero-order chi connectivity index (χ0) is 19.9. The Morgan fingerprint density at radius 2 is 1.96 bits per heavy atom. The summed E-state index contributed by atoms with van der Waals surface area (Å²) in [6, 6.07) is 14.9. The molecule has 0 spiro atoms. The van der Waals surface area contributed by atoms with Gasteiger partial charge in [-0.1, -0.05) is 41.6 Å². The first-order chi connectivity index (χ1) is 13.6. The maximum Gasteiger partial charge on any atom is 0.230 e. The van der Waals surface area contributed by atoms with Crippen LogP contribution >= 0.6 is 23.4 Å². The summed E-state index contributed by atoms with van der Waals surface area (Å²) in [7, 11) is 1.63. The average molecular weight is 418 g/mol. The third kappa shape index (κ3) is 4.96. The minimum atomic E-state index is -0.101. The highest BCUT2D eigenvalue weighted by Gasteiger charge is 2.14. The van der Waals surface area contributed by atoms with E-state index in [1.165, 1.54) is 16.4 Å². The van der Waals surface area contributed by atoms with Gasteiger partial charge < -0.3 is 15.9 Å². The van der Waals surface area contributed by atoms with Crippen molar-refractivity contribution in [1.29, 1.82) is 0 Å². The number of nitrogens with two attached hydrogens (primary N) is 1. The van der Waals surface area contributed by atoms with Crippen LogP contribution in [0.4, 0.5) is 0 Å². The summed E-state index contributed by atoms with van der Waals surface area (Å²) < 4.78 is 6.68. The highest BCUT2D eigenvalue weighted by atomic mass is 35.5. The largest absolute Gasteiger partial charge is 0.496 e. The van der Waals surface area contributed by atoms with Crippen LogP contribution in [0.3, 0.4) is 0 Å². The molecule has 0 aliphatic rings. The normalized spacial score (nSPS) is 10.6. The Bertz CT molecular complexity index is 946. The molecule has 28 heavy (non-hydrogen) atoms. The van der Waals surface area contributed by atoms with Gasteiger partial charge >= 0.3 is 0 Å². The number of halogens is 1. The van der Waals surface area contributed by atoms with Crippen molar-refractivity contribution in [3.05, 3.63) is 59.1 Å². The van der Waals surface area contributed by atoms with Crippen LogP contribution in [0, 0.1) is 0 Å². The maximum atomic E-state index is 12.1. The van der Waals surface area contributed by atoms with Gasteiger partial charge in [0.05, 0.1) is 12.9 Å². The van der Waals surface area contributed by atoms with Crippen LogP contribution in [0.1, 0.15) is 5.56 Å². The molecular weight excluding hydrogens is 398 g/mol. The van der Waals surface area contributed by atoms with Gasteiger partial charge in [-0.05, 0) is 42.3 Å². The number of nitrogen functional groups attached to an aromatic ring is 1. The van der Waals surface area contributed by atoms with Gasteiger partial charge in [0.2, 0.25) is 11.1 Å². The number of para-hydroxylation sites is 1. The van der Waals surface area contributed by atoms with Gasteiger partial charge in [0.25, 0.3) is 0 Å². The van der Waals surface area contributed by atoms with E-state index < -0.39 is 0 Å². The van der Waals surface area contributed by atoms with E-state index in [4.69, 9.17) is 22.2 Å². The number of amides is 1. The summed E-state index contributed by atoms with van der Waals surface area (Å²) in [6.07, 6.45) is 0.689. The fraction of sp³-hybridized carbons (Fsp3) is 0.211. The Kier molecular flexibility index (Phi) is 6.78. The molecule has 1 heterocycles. The summed E-state index contributed by atoms with van der Waals surface area (Å²) in [6.45, 7) is 0.519. The predicted octanol–water partition coefficient (Wildman–Crippen LogP) is 2.77. The van der Waals surface area contributed by atoms with Crippen LogP contribution in [0.25, 0.3) is 11.4 Å². The van der Waals surface area contributed by atoms with Crippen molar-refractivity contribution in [2.24, 2.45) is 0 Å². The van der Waals surface area contributed by atoms with Crippen molar-refractivity contribution < 1.29 is 9.53 Å². The Hall–Kier alpha value is -2.71.